The highest BCUT2D eigenvalue weighted by atomic mass is 16.5. The van der Waals surface area contributed by atoms with Gasteiger partial charge < -0.3 is 9.84 Å². The Kier molecular flexibility index (Phi) is 3.83. The lowest BCUT2D eigenvalue weighted by atomic mass is 9.64. The maximum atomic E-state index is 5.41. The van der Waals surface area contributed by atoms with E-state index in [2.05, 4.69) is 46.6 Å². The van der Waals surface area contributed by atoms with Crippen molar-refractivity contribution < 1.29 is 4.52 Å². The van der Waals surface area contributed by atoms with Crippen LogP contribution in [0.1, 0.15) is 43.5 Å². The second-order valence-electron chi connectivity index (χ2n) is 5.42. The summed E-state index contributed by atoms with van der Waals surface area (Å²) in [6, 6.07) is 10.6. The molecular weight excluding hydrogens is 250 g/mol. The van der Waals surface area contributed by atoms with E-state index in [1.54, 1.807) is 0 Å². The highest BCUT2D eigenvalue weighted by Crippen LogP contribution is 2.47. The van der Waals surface area contributed by atoms with Gasteiger partial charge in [-0.2, -0.15) is 4.98 Å². The molecule has 0 radical (unpaired) electrons. The van der Waals surface area contributed by atoms with E-state index in [9.17, 15) is 0 Å². The van der Waals surface area contributed by atoms with Gasteiger partial charge in [-0.3, -0.25) is 0 Å². The fourth-order valence-corrected chi connectivity index (χ4v) is 2.85. The smallest absolute Gasteiger partial charge is 0.227 e. The van der Waals surface area contributed by atoms with Gasteiger partial charge in [0.05, 0.1) is 5.41 Å². The zero-order valence-electron chi connectivity index (χ0n) is 11.9. The van der Waals surface area contributed by atoms with Crippen LogP contribution in [0.25, 0.3) is 0 Å². The third-order valence-electron chi connectivity index (χ3n) is 4.20. The lowest BCUT2D eigenvalue weighted by molar-refractivity contribution is 0.271. The molecule has 0 saturated heterocycles. The molecule has 4 heteroatoms. The van der Waals surface area contributed by atoms with Crippen molar-refractivity contribution in [1.82, 2.24) is 15.5 Å². The number of rotatable bonds is 6. The first kappa shape index (κ1) is 13.3. The third kappa shape index (κ3) is 2.36. The van der Waals surface area contributed by atoms with Gasteiger partial charge in [0.1, 0.15) is 0 Å². The molecule has 0 atom stereocenters. The molecule has 1 fully saturated rings. The number of hydrogen-bond acceptors (Lipinski definition) is 4. The second-order valence-corrected chi connectivity index (χ2v) is 5.42. The van der Waals surface area contributed by atoms with E-state index in [-0.39, 0.29) is 5.41 Å². The maximum absolute atomic E-state index is 5.41. The largest absolute Gasteiger partial charge is 0.339 e. The number of aromatic nitrogens is 2. The maximum Gasteiger partial charge on any atom is 0.227 e. The van der Waals surface area contributed by atoms with Crippen LogP contribution in [-0.2, 0) is 11.8 Å². The highest BCUT2D eigenvalue weighted by Gasteiger charge is 2.44. The summed E-state index contributed by atoms with van der Waals surface area (Å²) < 4.78 is 5.41. The van der Waals surface area contributed by atoms with Crippen molar-refractivity contribution in [2.75, 3.05) is 13.1 Å². The van der Waals surface area contributed by atoms with Crippen LogP contribution >= 0.6 is 0 Å². The molecule has 3 rings (SSSR count). The van der Waals surface area contributed by atoms with Gasteiger partial charge in [-0.15, -0.1) is 0 Å². The van der Waals surface area contributed by atoms with Crippen LogP contribution in [0.15, 0.2) is 34.9 Å². The van der Waals surface area contributed by atoms with Gasteiger partial charge in [0.25, 0.3) is 0 Å². The molecular formula is C16H21N3O. The van der Waals surface area contributed by atoms with Gasteiger partial charge in [-0.1, -0.05) is 48.8 Å². The standard InChI is InChI=1S/C16H21N3O/c1-2-17-12-9-14-18-15(19-20-14)16(10-6-11-16)13-7-4-3-5-8-13/h3-5,7-8,17H,2,6,9-12H2,1H3. The zero-order chi connectivity index (χ0) is 13.8. The van der Waals surface area contributed by atoms with E-state index in [0.29, 0.717) is 0 Å². The first-order chi connectivity index (χ1) is 9.85. The molecule has 20 heavy (non-hydrogen) atoms. The Morgan fingerprint density at radius 2 is 2.05 bits per heavy atom. The van der Waals surface area contributed by atoms with Crippen molar-refractivity contribution in [3.05, 3.63) is 47.6 Å². The minimum absolute atomic E-state index is 0.0127. The lowest BCUT2D eigenvalue weighted by Crippen LogP contribution is -2.36. The zero-order valence-corrected chi connectivity index (χ0v) is 11.9. The molecule has 0 spiro atoms. The van der Waals surface area contributed by atoms with E-state index in [1.165, 1.54) is 12.0 Å². The van der Waals surface area contributed by atoms with Gasteiger partial charge in [-0.25, -0.2) is 0 Å². The average Bonchev–Trinajstić information content (AvgIpc) is 2.88. The Bertz CT molecular complexity index is 546. The Hall–Kier alpha value is -1.68. The van der Waals surface area contributed by atoms with Gasteiger partial charge in [0, 0.05) is 13.0 Å². The molecule has 1 heterocycles. The molecule has 1 aromatic heterocycles. The van der Waals surface area contributed by atoms with E-state index in [0.717, 1.165) is 44.1 Å². The van der Waals surface area contributed by atoms with Crippen LogP contribution in [0.3, 0.4) is 0 Å². The van der Waals surface area contributed by atoms with Gasteiger partial charge >= 0.3 is 0 Å². The number of benzene rings is 1. The van der Waals surface area contributed by atoms with E-state index in [4.69, 9.17) is 4.52 Å². The van der Waals surface area contributed by atoms with Crippen molar-refractivity contribution in [3.63, 3.8) is 0 Å². The minimum atomic E-state index is -0.0127. The first-order valence-corrected chi connectivity index (χ1v) is 7.44. The monoisotopic (exact) mass is 271 g/mol. The molecule has 0 amide bonds. The molecule has 0 aliphatic heterocycles. The van der Waals surface area contributed by atoms with Crippen molar-refractivity contribution in [3.8, 4) is 0 Å². The van der Waals surface area contributed by atoms with Crippen molar-refractivity contribution >= 4 is 0 Å². The SMILES string of the molecule is CCNCCc1nc(C2(c3ccccc3)CCC2)no1. The molecule has 106 valence electrons. The Balaban J connectivity index is 1.80. The summed E-state index contributed by atoms with van der Waals surface area (Å²) in [4.78, 5) is 4.63. The molecule has 0 bridgehead atoms. The van der Waals surface area contributed by atoms with E-state index >= 15 is 0 Å². The molecule has 1 aliphatic carbocycles. The molecule has 4 nitrogen and oxygen atoms in total. The van der Waals surface area contributed by atoms with Crippen LogP contribution < -0.4 is 5.32 Å². The van der Waals surface area contributed by atoms with Crippen LogP contribution in [0.5, 0.6) is 0 Å². The fraction of sp³-hybridized carbons (Fsp3) is 0.500. The lowest BCUT2D eigenvalue weighted by Gasteiger charge is -2.39. The average molecular weight is 271 g/mol. The molecule has 1 aromatic carbocycles. The van der Waals surface area contributed by atoms with E-state index in [1.807, 2.05) is 6.07 Å². The minimum Gasteiger partial charge on any atom is -0.339 e. The summed E-state index contributed by atoms with van der Waals surface area (Å²) >= 11 is 0. The number of hydrogen-bond donors (Lipinski definition) is 1. The van der Waals surface area contributed by atoms with Crippen LogP contribution in [-0.4, -0.2) is 23.2 Å². The highest BCUT2D eigenvalue weighted by molar-refractivity contribution is 5.35. The summed E-state index contributed by atoms with van der Waals surface area (Å²) in [6.45, 7) is 3.95. The number of nitrogens with one attached hydrogen (secondary N) is 1. The number of nitrogens with zero attached hydrogens (tertiary/aromatic N) is 2. The van der Waals surface area contributed by atoms with Gasteiger partial charge in [0.15, 0.2) is 5.82 Å². The molecule has 1 saturated carbocycles. The molecule has 2 aromatic rings. The van der Waals surface area contributed by atoms with E-state index < -0.39 is 0 Å². The van der Waals surface area contributed by atoms with Crippen LogP contribution in [0.2, 0.25) is 0 Å². The summed E-state index contributed by atoms with van der Waals surface area (Å²) in [7, 11) is 0. The Morgan fingerprint density at radius 3 is 2.70 bits per heavy atom. The molecule has 0 unspecified atom stereocenters. The topological polar surface area (TPSA) is 51.0 Å². The Labute approximate surface area is 119 Å². The number of likely N-dealkylation sites (N-methyl/N-ethyl adjacent to an activating group) is 1. The van der Waals surface area contributed by atoms with Crippen molar-refractivity contribution in [2.45, 2.75) is 38.0 Å². The first-order valence-electron chi connectivity index (χ1n) is 7.44. The fourth-order valence-electron chi connectivity index (χ4n) is 2.85. The van der Waals surface area contributed by atoms with Gasteiger partial charge in [-0.05, 0) is 24.9 Å². The summed E-state index contributed by atoms with van der Waals surface area (Å²) in [5, 5.41) is 7.53. The van der Waals surface area contributed by atoms with Crippen LogP contribution in [0.4, 0.5) is 0 Å². The predicted molar refractivity (Wildman–Crippen MR) is 77.6 cm³/mol. The van der Waals surface area contributed by atoms with Crippen molar-refractivity contribution in [1.29, 1.82) is 0 Å². The van der Waals surface area contributed by atoms with Crippen molar-refractivity contribution in [2.24, 2.45) is 0 Å². The molecule has 1 N–H and O–H groups in total. The normalized spacial score (nSPS) is 16.9. The second kappa shape index (κ2) is 5.75. The Morgan fingerprint density at radius 1 is 1.25 bits per heavy atom. The quantitative estimate of drug-likeness (QED) is 0.821. The van der Waals surface area contributed by atoms with Crippen LogP contribution in [0, 0.1) is 0 Å². The summed E-state index contributed by atoms with van der Waals surface area (Å²) in [6.07, 6.45) is 4.26. The molecule has 1 aliphatic rings. The third-order valence-corrected chi connectivity index (χ3v) is 4.20. The summed E-state index contributed by atoms with van der Waals surface area (Å²) in [5.74, 6) is 1.60. The summed E-state index contributed by atoms with van der Waals surface area (Å²) in [5.41, 5.74) is 1.30. The predicted octanol–water partition coefficient (Wildman–Crippen LogP) is 2.69. The van der Waals surface area contributed by atoms with Gasteiger partial charge in [0.2, 0.25) is 5.89 Å².